The molecule has 2 saturated carbocycles. The van der Waals surface area contributed by atoms with Crippen molar-refractivity contribution in [2.45, 2.75) is 51.4 Å². The smallest absolute Gasteiger partial charge is 0.314 e. The van der Waals surface area contributed by atoms with Crippen molar-refractivity contribution in [3.05, 3.63) is 29.6 Å². The normalized spacial score (nSPS) is 29.4. The van der Waals surface area contributed by atoms with E-state index in [1.165, 1.54) is 25.7 Å². The van der Waals surface area contributed by atoms with Crippen molar-refractivity contribution >= 4 is 5.97 Å². The van der Waals surface area contributed by atoms with Crippen LogP contribution in [0.2, 0.25) is 0 Å². The zero-order valence-corrected chi connectivity index (χ0v) is 14.9. The van der Waals surface area contributed by atoms with Crippen molar-refractivity contribution < 1.29 is 22.7 Å². The van der Waals surface area contributed by atoms with Crippen LogP contribution in [0.1, 0.15) is 51.4 Å². The Morgan fingerprint density at radius 3 is 1.92 bits per heavy atom. The first-order chi connectivity index (χ1) is 12.5. The molecule has 2 aliphatic carbocycles. The summed E-state index contributed by atoms with van der Waals surface area (Å²) >= 11 is 0. The van der Waals surface area contributed by atoms with Crippen molar-refractivity contribution in [2.75, 3.05) is 6.54 Å². The third-order valence-electron chi connectivity index (χ3n) is 6.17. The van der Waals surface area contributed by atoms with Crippen molar-refractivity contribution in [2.24, 2.45) is 29.4 Å². The van der Waals surface area contributed by atoms with Crippen molar-refractivity contribution in [3.63, 3.8) is 0 Å². The van der Waals surface area contributed by atoms with Crippen molar-refractivity contribution in [1.29, 1.82) is 0 Å². The lowest BCUT2D eigenvalue weighted by Gasteiger charge is -2.37. The van der Waals surface area contributed by atoms with Gasteiger partial charge in [-0.25, -0.2) is 13.2 Å². The quantitative estimate of drug-likeness (QED) is 0.480. The maximum absolute atomic E-state index is 13.2. The average Bonchev–Trinajstić information content (AvgIpc) is 2.66. The molecule has 0 bridgehead atoms. The second-order valence-electron chi connectivity index (χ2n) is 7.75. The summed E-state index contributed by atoms with van der Waals surface area (Å²) in [6.07, 6.45) is 8.24. The lowest BCUT2D eigenvalue weighted by Crippen LogP contribution is -2.31. The number of rotatable bonds is 4. The topological polar surface area (TPSA) is 52.3 Å². The fourth-order valence-corrected chi connectivity index (χ4v) is 4.51. The molecule has 0 heterocycles. The van der Waals surface area contributed by atoms with Crippen LogP contribution >= 0.6 is 0 Å². The molecule has 0 spiro atoms. The van der Waals surface area contributed by atoms with Gasteiger partial charge < -0.3 is 10.5 Å². The Morgan fingerprint density at radius 1 is 0.923 bits per heavy atom. The highest BCUT2D eigenvalue weighted by Crippen LogP contribution is 2.41. The van der Waals surface area contributed by atoms with Gasteiger partial charge in [0.1, 0.15) is 5.75 Å². The summed E-state index contributed by atoms with van der Waals surface area (Å²) in [7, 11) is 0. The minimum absolute atomic E-state index is 0.261. The highest BCUT2D eigenvalue weighted by Gasteiger charge is 2.33. The minimum Gasteiger partial charge on any atom is -0.426 e. The molecule has 2 N–H and O–H groups in total. The summed E-state index contributed by atoms with van der Waals surface area (Å²) in [4.78, 5) is 12.3. The number of esters is 1. The van der Waals surface area contributed by atoms with Crippen molar-refractivity contribution in [3.8, 4) is 5.75 Å². The standard InChI is InChI=1S/C20H26F3NO2/c21-17-9-16(10-18(22)19(17)23)26-20(25)15-7-5-14(6-8-15)13-3-1-12(11-24)2-4-13/h9-10,12-15H,1-8,11,24H2. The monoisotopic (exact) mass is 369 g/mol. The molecule has 0 radical (unpaired) electrons. The third-order valence-corrected chi connectivity index (χ3v) is 6.17. The number of halogens is 3. The Labute approximate surface area is 152 Å². The molecule has 3 nitrogen and oxygen atoms in total. The Morgan fingerprint density at radius 2 is 1.42 bits per heavy atom. The second kappa shape index (κ2) is 8.42. The number of ether oxygens (including phenoxy) is 1. The second-order valence-corrected chi connectivity index (χ2v) is 7.75. The van der Waals surface area contributed by atoms with E-state index >= 15 is 0 Å². The zero-order valence-electron chi connectivity index (χ0n) is 14.9. The third kappa shape index (κ3) is 4.40. The average molecular weight is 369 g/mol. The lowest BCUT2D eigenvalue weighted by molar-refractivity contribution is -0.140. The van der Waals surface area contributed by atoms with E-state index in [0.29, 0.717) is 24.0 Å². The van der Waals surface area contributed by atoms with Gasteiger partial charge >= 0.3 is 5.97 Å². The van der Waals surface area contributed by atoms with Gasteiger partial charge in [0.2, 0.25) is 0 Å². The Hall–Kier alpha value is -1.56. The number of hydrogen-bond acceptors (Lipinski definition) is 3. The fraction of sp³-hybridized carbons (Fsp3) is 0.650. The molecule has 26 heavy (non-hydrogen) atoms. The Balaban J connectivity index is 1.49. The van der Waals surface area contributed by atoms with Gasteiger partial charge in [-0.3, -0.25) is 4.79 Å². The molecule has 0 aliphatic heterocycles. The summed E-state index contributed by atoms with van der Waals surface area (Å²) in [6, 6.07) is 1.41. The molecule has 3 rings (SSSR count). The van der Waals surface area contributed by atoms with E-state index in [2.05, 4.69) is 0 Å². The summed E-state index contributed by atoms with van der Waals surface area (Å²) < 4.78 is 44.5. The molecule has 6 heteroatoms. The number of hydrogen-bond donors (Lipinski definition) is 1. The molecule has 0 saturated heterocycles. The highest BCUT2D eigenvalue weighted by atomic mass is 19.2. The van der Waals surface area contributed by atoms with Crippen molar-refractivity contribution in [1.82, 2.24) is 0 Å². The van der Waals surface area contributed by atoms with Gasteiger partial charge in [0.05, 0.1) is 5.92 Å². The van der Waals surface area contributed by atoms with E-state index in [0.717, 1.165) is 38.1 Å². The van der Waals surface area contributed by atoms with Gasteiger partial charge in [0, 0.05) is 12.1 Å². The van der Waals surface area contributed by atoms with E-state index < -0.39 is 23.4 Å². The van der Waals surface area contributed by atoms with Crippen LogP contribution < -0.4 is 10.5 Å². The van der Waals surface area contributed by atoms with E-state index in [4.69, 9.17) is 10.5 Å². The molecule has 144 valence electrons. The lowest BCUT2D eigenvalue weighted by atomic mass is 9.69. The molecule has 0 aromatic heterocycles. The first-order valence-electron chi connectivity index (χ1n) is 9.54. The van der Waals surface area contributed by atoms with Crippen LogP contribution in [0.15, 0.2) is 12.1 Å². The van der Waals surface area contributed by atoms with Gasteiger partial charge in [-0.2, -0.15) is 0 Å². The zero-order chi connectivity index (χ0) is 18.7. The predicted molar refractivity (Wildman–Crippen MR) is 91.9 cm³/mol. The number of benzene rings is 1. The molecule has 2 fully saturated rings. The molecule has 0 unspecified atom stereocenters. The van der Waals surface area contributed by atoms with Gasteiger partial charge in [-0.1, -0.05) is 0 Å². The van der Waals surface area contributed by atoms with Crippen LogP contribution in [0, 0.1) is 41.1 Å². The van der Waals surface area contributed by atoms with Crippen LogP contribution in [-0.2, 0) is 4.79 Å². The summed E-state index contributed by atoms with van der Waals surface area (Å²) in [5.74, 6) is -3.29. The summed E-state index contributed by atoms with van der Waals surface area (Å²) in [5, 5.41) is 0. The molecule has 2 aliphatic rings. The van der Waals surface area contributed by atoms with Crippen LogP contribution in [0.5, 0.6) is 5.75 Å². The first kappa shape index (κ1) is 19.2. The van der Waals surface area contributed by atoms with E-state index in [1.54, 1.807) is 0 Å². The largest absolute Gasteiger partial charge is 0.426 e. The minimum atomic E-state index is -1.56. The maximum atomic E-state index is 13.2. The molecule has 0 atom stereocenters. The molecule has 1 aromatic carbocycles. The SMILES string of the molecule is NCC1CCC(C2CCC(C(=O)Oc3cc(F)c(F)c(F)c3)CC2)CC1. The predicted octanol–water partition coefficient (Wildman–Crippen LogP) is 4.58. The van der Waals surface area contributed by atoms with Crippen LogP contribution in [-0.4, -0.2) is 12.5 Å². The van der Waals surface area contributed by atoms with Gasteiger partial charge in [0.25, 0.3) is 0 Å². The van der Waals surface area contributed by atoms with Gasteiger partial charge in [-0.05, 0) is 75.7 Å². The van der Waals surface area contributed by atoms with Crippen LogP contribution in [0.3, 0.4) is 0 Å². The molecular formula is C20H26F3NO2. The highest BCUT2D eigenvalue weighted by molar-refractivity contribution is 5.75. The molecule has 0 amide bonds. The summed E-state index contributed by atoms with van der Waals surface area (Å²) in [5.41, 5.74) is 5.75. The molecule has 1 aromatic rings. The fourth-order valence-electron chi connectivity index (χ4n) is 4.51. The van der Waals surface area contributed by atoms with E-state index in [-0.39, 0.29) is 11.7 Å². The van der Waals surface area contributed by atoms with Gasteiger partial charge in [0.15, 0.2) is 17.5 Å². The van der Waals surface area contributed by atoms with Crippen LogP contribution in [0.25, 0.3) is 0 Å². The Kier molecular flexibility index (Phi) is 6.22. The van der Waals surface area contributed by atoms with Gasteiger partial charge in [-0.15, -0.1) is 0 Å². The van der Waals surface area contributed by atoms with Crippen LogP contribution in [0.4, 0.5) is 13.2 Å². The number of carbonyl (C=O) groups is 1. The maximum Gasteiger partial charge on any atom is 0.314 e. The Bertz CT molecular complexity index is 613. The summed E-state index contributed by atoms with van der Waals surface area (Å²) in [6.45, 7) is 0.774. The first-order valence-corrected chi connectivity index (χ1v) is 9.54. The van der Waals surface area contributed by atoms with E-state index in [1.807, 2.05) is 0 Å². The number of nitrogens with two attached hydrogens (primary N) is 1. The van der Waals surface area contributed by atoms with E-state index in [9.17, 15) is 18.0 Å². The number of carbonyl (C=O) groups excluding carboxylic acids is 1. The molecular weight excluding hydrogens is 343 g/mol.